The topological polar surface area (TPSA) is 61.4 Å². The Balaban J connectivity index is 1.57. The van der Waals surface area contributed by atoms with Crippen LogP contribution in [0.3, 0.4) is 0 Å². The van der Waals surface area contributed by atoms with Crippen LogP contribution in [0.25, 0.3) is 0 Å². The number of hydrogen-bond acceptors (Lipinski definition) is 5. The molecule has 0 unspecified atom stereocenters. The van der Waals surface area contributed by atoms with E-state index in [2.05, 4.69) is 20.2 Å². The lowest BCUT2D eigenvalue weighted by molar-refractivity contribution is -0.117. The van der Waals surface area contributed by atoms with Crippen molar-refractivity contribution in [2.24, 2.45) is 0 Å². The number of benzene rings is 1. The van der Waals surface area contributed by atoms with Crippen LogP contribution in [0.4, 0.5) is 11.6 Å². The van der Waals surface area contributed by atoms with Crippen LogP contribution in [0.1, 0.15) is 0 Å². The number of rotatable bonds is 4. The quantitative estimate of drug-likeness (QED) is 0.740. The Bertz CT molecular complexity index is 771. The predicted octanol–water partition coefficient (Wildman–Crippen LogP) is 3.85. The van der Waals surface area contributed by atoms with E-state index in [4.69, 9.17) is 46.4 Å². The van der Waals surface area contributed by atoms with E-state index in [9.17, 15) is 4.79 Å². The van der Waals surface area contributed by atoms with Gasteiger partial charge in [0.25, 0.3) is 0 Å². The highest BCUT2D eigenvalue weighted by atomic mass is 35.5. The number of carbonyl (C=O) groups excluding carboxylic acids is 1. The average Bonchev–Trinajstić information content (AvgIpc) is 2.65. The summed E-state index contributed by atoms with van der Waals surface area (Å²) in [4.78, 5) is 25.0. The van der Waals surface area contributed by atoms with Crippen molar-refractivity contribution < 1.29 is 4.79 Å². The van der Waals surface area contributed by atoms with Crippen molar-refractivity contribution in [1.82, 2.24) is 14.9 Å². The number of piperazine rings is 1. The predicted molar refractivity (Wildman–Crippen MR) is 106 cm³/mol. The lowest BCUT2D eigenvalue weighted by atomic mass is 10.3. The van der Waals surface area contributed by atoms with Crippen LogP contribution in [0.15, 0.2) is 24.5 Å². The van der Waals surface area contributed by atoms with Gasteiger partial charge in [-0.3, -0.25) is 9.69 Å². The number of nitrogens with zero attached hydrogens (tertiary/aromatic N) is 4. The molecule has 1 aliphatic heterocycles. The minimum absolute atomic E-state index is 0.167. The van der Waals surface area contributed by atoms with E-state index < -0.39 is 0 Å². The number of amides is 1. The molecular weight excluding hydrogens is 420 g/mol. The van der Waals surface area contributed by atoms with Gasteiger partial charge < -0.3 is 10.2 Å². The first-order valence-corrected chi connectivity index (χ1v) is 9.34. The van der Waals surface area contributed by atoms with Gasteiger partial charge in [0.2, 0.25) is 11.9 Å². The van der Waals surface area contributed by atoms with Crippen molar-refractivity contribution in [1.29, 1.82) is 0 Å². The summed E-state index contributed by atoms with van der Waals surface area (Å²) in [5.41, 5.74) is 0.229. The molecule has 0 atom stereocenters. The van der Waals surface area contributed by atoms with Gasteiger partial charge in [-0.25, -0.2) is 9.97 Å². The minimum atomic E-state index is -0.239. The van der Waals surface area contributed by atoms with Crippen LogP contribution >= 0.6 is 46.4 Å². The molecule has 0 spiro atoms. The van der Waals surface area contributed by atoms with Crippen molar-refractivity contribution >= 4 is 63.9 Å². The first-order chi connectivity index (χ1) is 12.5. The molecule has 138 valence electrons. The summed E-state index contributed by atoms with van der Waals surface area (Å²) >= 11 is 24.2. The van der Waals surface area contributed by atoms with Gasteiger partial charge in [-0.2, -0.15) is 0 Å². The summed E-state index contributed by atoms with van der Waals surface area (Å²) < 4.78 is 0. The average molecular weight is 435 g/mol. The van der Waals surface area contributed by atoms with Crippen LogP contribution < -0.4 is 10.2 Å². The molecule has 1 aliphatic rings. The molecule has 1 N–H and O–H groups in total. The molecule has 1 saturated heterocycles. The zero-order valence-electron chi connectivity index (χ0n) is 13.6. The van der Waals surface area contributed by atoms with Gasteiger partial charge in [0, 0.05) is 38.6 Å². The molecule has 1 amide bonds. The molecule has 1 fully saturated rings. The Morgan fingerprint density at radius 3 is 2.15 bits per heavy atom. The van der Waals surface area contributed by atoms with Gasteiger partial charge in [0.05, 0.1) is 32.3 Å². The zero-order chi connectivity index (χ0) is 18.7. The number of carbonyl (C=O) groups is 1. The first kappa shape index (κ1) is 19.5. The van der Waals surface area contributed by atoms with Crippen molar-refractivity contribution in [2.75, 3.05) is 42.9 Å². The van der Waals surface area contributed by atoms with Crippen LogP contribution in [-0.4, -0.2) is 53.5 Å². The summed E-state index contributed by atoms with van der Waals surface area (Å²) in [5, 5.41) is 3.49. The monoisotopic (exact) mass is 433 g/mol. The van der Waals surface area contributed by atoms with E-state index in [-0.39, 0.29) is 38.2 Å². The third-order valence-corrected chi connectivity index (χ3v) is 5.53. The minimum Gasteiger partial charge on any atom is -0.338 e. The highest BCUT2D eigenvalue weighted by Gasteiger charge is 2.22. The van der Waals surface area contributed by atoms with Crippen molar-refractivity contribution in [3.05, 3.63) is 44.6 Å². The van der Waals surface area contributed by atoms with E-state index in [1.165, 1.54) is 6.07 Å². The molecule has 0 bridgehead atoms. The maximum atomic E-state index is 12.4. The second-order valence-corrected chi connectivity index (χ2v) is 7.27. The Labute approximate surface area is 171 Å². The molecule has 0 aliphatic carbocycles. The van der Waals surface area contributed by atoms with Crippen LogP contribution in [0, 0.1) is 0 Å². The molecular formula is C16H15Cl4N5O. The Kier molecular flexibility index (Phi) is 6.42. The van der Waals surface area contributed by atoms with E-state index in [0.717, 1.165) is 13.1 Å². The summed E-state index contributed by atoms with van der Waals surface area (Å²) in [6.07, 6.45) is 3.43. The van der Waals surface area contributed by atoms with Crippen LogP contribution in [0.2, 0.25) is 20.1 Å². The van der Waals surface area contributed by atoms with Gasteiger partial charge in [-0.1, -0.05) is 46.4 Å². The Morgan fingerprint density at radius 2 is 1.58 bits per heavy atom. The van der Waals surface area contributed by atoms with Gasteiger partial charge in [-0.05, 0) is 12.1 Å². The highest BCUT2D eigenvalue weighted by Crippen LogP contribution is 2.40. The third kappa shape index (κ3) is 4.50. The van der Waals surface area contributed by atoms with E-state index in [0.29, 0.717) is 19.0 Å². The fraction of sp³-hybridized carbons (Fsp3) is 0.312. The second-order valence-electron chi connectivity index (χ2n) is 5.70. The van der Waals surface area contributed by atoms with Crippen LogP contribution in [0.5, 0.6) is 0 Å². The second kappa shape index (κ2) is 8.59. The summed E-state index contributed by atoms with van der Waals surface area (Å²) in [6, 6.07) is 3.22. The molecule has 2 aromatic rings. The van der Waals surface area contributed by atoms with Crippen molar-refractivity contribution in [3.63, 3.8) is 0 Å². The van der Waals surface area contributed by atoms with Gasteiger partial charge >= 0.3 is 0 Å². The van der Waals surface area contributed by atoms with E-state index in [1.807, 2.05) is 4.90 Å². The van der Waals surface area contributed by atoms with Crippen molar-refractivity contribution in [2.45, 2.75) is 0 Å². The smallest absolute Gasteiger partial charge is 0.238 e. The molecule has 1 aromatic heterocycles. The Morgan fingerprint density at radius 1 is 1.00 bits per heavy atom. The van der Waals surface area contributed by atoms with Gasteiger partial charge in [-0.15, -0.1) is 0 Å². The zero-order valence-corrected chi connectivity index (χ0v) is 16.6. The lowest BCUT2D eigenvalue weighted by Gasteiger charge is -2.34. The van der Waals surface area contributed by atoms with Crippen molar-refractivity contribution in [3.8, 4) is 0 Å². The molecule has 6 nitrogen and oxygen atoms in total. The third-order valence-electron chi connectivity index (χ3n) is 3.95. The number of anilines is 2. The van der Waals surface area contributed by atoms with Crippen LogP contribution in [-0.2, 0) is 4.79 Å². The molecule has 1 aromatic carbocycles. The molecule has 0 saturated carbocycles. The number of hydrogen-bond donors (Lipinski definition) is 1. The fourth-order valence-corrected chi connectivity index (χ4v) is 3.53. The fourth-order valence-electron chi connectivity index (χ4n) is 2.63. The molecule has 0 radical (unpaired) electrons. The first-order valence-electron chi connectivity index (χ1n) is 7.83. The van der Waals surface area contributed by atoms with Gasteiger partial charge in [0.15, 0.2) is 0 Å². The maximum Gasteiger partial charge on any atom is 0.238 e. The normalized spacial score (nSPS) is 15.2. The lowest BCUT2D eigenvalue weighted by Crippen LogP contribution is -2.49. The highest BCUT2D eigenvalue weighted by molar-refractivity contribution is 6.50. The largest absolute Gasteiger partial charge is 0.338 e. The molecule has 3 rings (SSSR count). The summed E-state index contributed by atoms with van der Waals surface area (Å²) in [6.45, 7) is 3.11. The van der Waals surface area contributed by atoms with Gasteiger partial charge in [0.1, 0.15) is 0 Å². The maximum absolute atomic E-state index is 12.4. The molecule has 26 heavy (non-hydrogen) atoms. The Hall–Kier alpha value is -1.31. The van der Waals surface area contributed by atoms with E-state index in [1.54, 1.807) is 18.5 Å². The number of aromatic nitrogens is 2. The number of nitrogens with one attached hydrogen (secondary N) is 1. The molecule has 10 heteroatoms. The summed E-state index contributed by atoms with van der Waals surface area (Å²) in [7, 11) is 0. The molecule has 2 heterocycles. The standard InChI is InChI=1S/C16H15Cl4N5O/c17-10-8-11(18)14(20)15(13(10)19)23-12(26)9-24-4-6-25(7-5-24)16-21-2-1-3-22-16/h1-3,8H,4-7,9H2,(H,23,26). The van der Waals surface area contributed by atoms with E-state index >= 15 is 0 Å². The summed E-state index contributed by atoms with van der Waals surface area (Å²) in [5.74, 6) is 0.459. The SMILES string of the molecule is O=C(CN1CCN(c2ncccn2)CC1)Nc1c(Cl)c(Cl)cc(Cl)c1Cl. The number of halogens is 4.